The second kappa shape index (κ2) is 3.74. The van der Waals surface area contributed by atoms with Gasteiger partial charge in [0.2, 0.25) is 0 Å². The Morgan fingerprint density at radius 3 is 2.69 bits per heavy atom. The van der Waals surface area contributed by atoms with Crippen molar-refractivity contribution in [2.75, 3.05) is 18.0 Å². The molecule has 2 saturated heterocycles. The molecular formula is C13H19N3. The van der Waals surface area contributed by atoms with Gasteiger partial charge in [0.05, 0.1) is 0 Å². The topological polar surface area (TPSA) is 19.4 Å². The van der Waals surface area contributed by atoms with E-state index < -0.39 is 0 Å². The lowest BCUT2D eigenvalue weighted by Gasteiger charge is -2.37. The summed E-state index contributed by atoms with van der Waals surface area (Å²) in [6, 6.07) is 8.29. The summed E-state index contributed by atoms with van der Waals surface area (Å²) in [5.74, 6) is 1.15. The first-order valence-corrected chi connectivity index (χ1v) is 6.19. The SMILES string of the molecule is CC(C)N1CC2CC1CN2c1ccccn1. The zero-order chi connectivity index (χ0) is 11.1. The van der Waals surface area contributed by atoms with Gasteiger partial charge in [-0.05, 0) is 32.4 Å². The van der Waals surface area contributed by atoms with Gasteiger partial charge in [-0.2, -0.15) is 0 Å². The number of nitrogens with zero attached hydrogens (tertiary/aromatic N) is 3. The van der Waals surface area contributed by atoms with Crippen molar-refractivity contribution in [1.29, 1.82) is 0 Å². The molecule has 2 bridgehead atoms. The Hall–Kier alpha value is -1.09. The van der Waals surface area contributed by atoms with Crippen LogP contribution < -0.4 is 4.90 Å². The van der Waals surface area contributed by atoms with Crippen molar-refractivity contribution in [1.82, 2.24) is 9.88 Å². The van der Waals surface area contributed by atoms with E-state index in [0.29, 0.717) is 12.1 Å². The normalized spacial score (nSPS) is 29.3. The molecule has 0 spiro atoms. The number of aromatic nitrogens is 1. The van der Waals surface area contributed by atoms with Gasteiger partial charge in [0, 0.05) is 37.4 Å². The number of pyridine rings is 1. The van der Waals surface area contributed by atoms with Gasteiger partial charge in [0.1, 0.15) is 5.82 Å². The molecule has 3 heterocycles. The molecule has 2 fully saturated rings. The average molecular weight is 217 g/mol. The highest BCUT2D eigenvalue weighted by atomic mass is 15.4. The molecule has 1 aromatic rings. The van der Waals surface area contributed by atoms with Gasteiger partial charge in [0.15, 0.2) is 0 Å². The van der Waals surface area contributed by atoms with Crippen LogP contribution in [0.4, 0.5) is 5.82 Å². The van der Waals surface area contributed by atoms with Crippen molar-refractivity contribution >= 4 is 5.82 Å². The molecule has 2 aliphatic heterocycles. The minimum absolute atomic E-state index is 0.681. The third-order valence-corrected chi connectivity index (χ3v) is 3.89. The largest absolute Gasteiger partial charge is 0.351 e. The molecule has 3 heteroatoms. The summed E-state index contributed by atoms with van der Waals surface area (Å²) in [6.07, 6.45) is 3.20. The first-order chi connectivity index (χ1) is 7.75. The Bertz CT molecular complexity index is 363. The summed E-state index contributed by atoms with van der Waals surface area (Å²) in [4.78, 5) is 9.56. The molecule has 2 unspecified atom stereocenters. The molecule has 86 valence electrons. The van der Waals surface area contributed by atoms with Crippen LogP contribution in [0.25, 0.3) is 0 Å². The zero-order valence-electron chi connectivity index (χ0n) is 10.0. The maximum atomic E-state index is 4.46. The maximum Gasteiger partial charge on any atom is 0.128 e. The number of likely N-dealkylation sites (tertiary alicyclic amines) is 1. The highest BCUT2D eigenvalue weighted by Crippen LogP contribution is 2.34. The molecule has 0 aliphatic carbocycles. The molecule has 0 aromatic carbocycles. The van der Waals surface area contributed by atoms with E-state index in [9.17, 15) is 0 Å². The minimum Gasteiger partial charge on any atom is -0.351 e. The van der Waals surface area contributed by atoms with Gasteiger partial charge in [-0.3, -0.25) is 4.90 Å². The van der Waals surface area contributed by atoms with E-state index in [1.54, 1.807) is 0 Å². The van der Waals surface area contributed by atoms with Crippen LogP contribution in [-0.4, -0.2) is 41.1 Å². The molecule has 0 amide bonds. The van der Waals surface area contributed by atoms with Crippen molar-refractivity contribution in [3.63, 3.8) is 0 Å². The Morgan fingerprint density at radius 2 is 2.12 bits per heavy atom. The predicted molar refractivity (Wildman–Crippen MR) is 65.6 cm³/mol. The van der Waals surface area contributed by atoms with Crippen LogP contribution in [-0.2, 0) is 0 Å². The highest BCUT2D eigenvalue weighted by molar-refractivity contribution is 5.43. The van der Waals surface area contributed by atoms with Crippen LogP contribution >= 0.6 is 0 Å². The Labute approximate surface area is 97.1 Å². The second-order valence-electron chi connectivity index (χ2n) is 5.17. The van der Waals surface area contributed by atoms with Crippen molar-refractivity contribution in [3.05, 3.63) is 24.4 Å². The van der Waals surface area contributed by atoms with Crippen molar-refractivity contribution in [3.8, 4) is 0 Å². The summed E-state index contributed by atoms with van der Waals surface area (Å²) in [6.45, 7) is 6.95. The van der Waals surface area contributed by atoms with Crippen LogP contribution in [0.15, 0.2) is 24.4 Å². The van der Waals surface area contributed by atoms with Crippen molar-refractivity contribution in [2.24, 2.45) is 0 Å². The highest BCUT2D eigenvalue weighted by Gasteiger charge is 2.44. The molecule has 0 radical (unpaired) electrons. The first kappa shape index (κ1) is 10.1. The quantitative estimate of drug-likeness (QED) is 0.752. The fourth-order valence-electron chi connectivity index (χ4n) is 3.13. The lowest BCUT2D eigenvalue weighted by molar-refractivity contribution is 0.191. The number of anilines is 1. The summed E-state index contributed by atoms with van der Waals surface area (Å²) in [5.41, 5.74) is 0. The van der Waals surface area contributed by atoms with Crippen molar-refractivity contribution < 1.29 is 0 Å². The number of piperazine rings is 1. The molecule has 0 saturated carbocycles. The van der Waals surface area contributed by atoms with Crippen LogP contribution in [0.1, 0.15) is 20.3 Å². The molecule has 0 N–H and O–H groups in total. The summed E-state index contributed by atoms with van der Waals surface area (Å²) >= 11 is 0. The second-order valence-corrected chi connectivity index (χ2v) is 5.17. The number of hydrogen-bond donors (Lipinski definition) is 0. The van der Waals surface area contributed by atoms with E-state index in [1.807, 2.05) is 12.3 Å². The fourth-order valence-corrected chi connectivity index (χ4v) is 3.13. The lowest BCUT2D eigenvalue weighted by atomic mass is 10.2. The van der Waals surface area contributed by atoms with Gasteiger partial charge in [-0.15, -0.1) is 0 Å². The maximum absolute atomic E-state index is 4.46. The third-order valence-electron chi connectivity index (χ3n) is 3.89. The van der Waals surface area contributed by atoms with Gasteiger partial charge in [-0.25, -0.2) is 4.98 Å². The van der Waals surface area contributed by atoms with E-state index in [-0.39, 0.29) is 0 Å². The van der Waals surface area contributed by atoms with Crippen LogP contribution in [0.5, 0.6) is 0 Å². The number of fused-ring (bicyclic) bond motifs is 2. The third kappa shape index (κ3) is 1.50. The molecule has 2 aliphatic rings. The predicted octanol–water partition coefficient (Wildman–Crippen LogP) is 1.75. The van der Waals surface area contributed by atoms with Gasteiger partial charge >= 0.3 is 0 Å². The first-order valence-electron chi connectivity index (χ1n) is 6.19. The lowest BCUT2D eigenvalue weighted by Crippen LogP contribution is -2.49. The number of hydrogen-bond acceptors (Lipinski definition) is 3. The summed E-state index contributed by atoms with van der Waals surface area (Å²) in [5, 5.41) is 0. The number of rotatable bonds is 2. The van der Waals surface area contributed by atoms with Crippen LogP contribution in [0.2, 0.25) is 0 Å². The zero-order valence-corrected chi connectivity index (χ0v) is 10.0. The molecular weight excluding hydrogens is 198 g/mol. The standard InChI is InChI=1S/C13H19N3/c1-10(2)15-8-12-7-11(15)9-16(12)13-5-3-4-6-14-13/h3-6,10-12H,7-9H2,1-2H3. The Kier molecular flexibility index (Phi) is 2.36. The molecule has 1 aromatic heterocycles. The van der Waals surface area contributed by atoms with Gasteiger partial charge in [-0.1, -0.05) is 6.07 Å². The summed E-state index contributed by atoms with van der Waals surface area (Å²) < 4.78 is 0. The van der Waals surface area contributed by atoms with Crippen LogP contribution in [0.3, 0.4) is 0 Å². The molecule has 2 atom stereocenters. The van der Waals surface area contributed by atoms with Gasteiger partial charge < -0.3 is 4.90 Å². The van der Waals surface area contributed by atoms with E-state index in [2.05, 4.69) is 40.8 Å². The van der Waals surface area contributed by atoms with Crippen LogP contribution in [0, 0.1) is 0 Å². The Morgan fingerprint density at radius 1 is 1.25 bits per heavy atom. The molecule has 3 nitrogen and oxygen atoms in total. The monoisotopic (exact) mass is 217 g/mol. The smallest absolute Gasteiger partial charge is 0.128 e. The van der Waals surface area contributed by atoms with Gasteiger partial charge in [0.25, 0.3) is 0 Å². The van der Waals surface area contributed by atoms with E-state index in [4.69, 9.17) is 0 Å². The summed E-state index contributed by atoms with van der Waals surface area (Å²) in [7, 11) is 0. The fraction of sp³-hybridized carbons (Fsp3) is 0.615. The van der Waals surface area contributed by atoms with E-state index >= 15 is 0 Å². The minimum atomic E-state index is 0.681. The average Bonchev–Trinajstić information content (AvgIpc) is 2.89. The molecule has 16 heavy (non-hydrogen) atoms. The van der Waals surface area contributed by atoms with E-state index in [0.717, 1.165) is 18.4 Å². The van der Waals surface area contributed by atoms with Crippen molar-refractivity contribution in [2.45, 2.75) is 38.4 Å². The molecule has 3 rings (SSSR count). The van der Waals surface area contributed by atoms with E-state index in [1.165, 1.54) is 13.0 Å². The Balaban J connectivity index is 1.76.